The molecule has 0 saturated heterocycles. The lowest BCUT2D eigenvalue weighted by atomic mass is 9.61. The second kappa shape index (κ2) is 10.6. The summed E-state index contributed by atoms with van der Waals surface area (Å²) in [6, 6.07) is 23.6. The topological polar surface area (TPSA) is 65.1 Å². The van der Waals surface area contributed by atoms with E-state index < -0.39 is 16.9 Å². The Morgan fingerprint density at radius 3 is 2.35 bits per heavy atom. The van der Waals surface area contributed by atoms with Gasteiger partial charge >= 0.3 is 5.97 Å². The molecule has 3 aromatic rings. The Labute approximate surface area is 236 Å². The smallest absolute Gasteiger partial charge is 0.310 e. The monoisotopic (exact) mass is 539 g/mol. The van der Waals surface area contributed by atoms with Crippen molar-refractivity contribution in [1.82, 2.24) is 0 Å². The van der Waals surface area contributed by atoms with Gasteiger partial charge in [0, 0.05) is 12.7 Å². The molecule has 0 fully saturated rings. The largest absolute Gasteiger partial charge is 0.489 e. The minimum atomic E-state index is -1.05. The van der Waals surface area contributed by atoms with E-state index in [1.807, 2.05) is 93.6 Å². The lowest BCUT2D eigenvalue weighted by Gasteiger charge is -2.40. The molecule has 5 rings (SSSR count). The van der Waals surface area contributed by atoms with Gasteiger partial charge in [-0.15, -0.1) is 0 Å². The molecule has 1 amide bonds. The third-order valence-corrected chi connectivity index (χ3v) is 8.69. The summed E-state index contributed by atoms with van der Waals surface area (Å²) >= 11 is 0. The fraction of sp³-hybridized carbons (Fsp3) is 0.353. The van der Waals surface area contributed by atoms with Crippen molar-refractivity contribution >= 4 is 23.3 Å². The molecular formula is C34H37NO5. The molecule has 0 bridgehead atoms. The normalized spacial score (nSPS) is 20.6. The van der Waals surface area contributed by atoms with Gasteiger partial charge in [0.1, 0.15) is 12.4 Å². The first-order valence-corrected chi connectivity index (χ1v) is 13.7. The van der Waals surface area contributed by atoms with Gasteiger partial charge in [0.2, 0.25) is 5.91 Å². The zero-order chi connectivity index (χ0) is 28.7. The van der Waals surface area contributed by atoms with Crippen LogP contribution in [0.1, 0.15) is 57.2 Å². The van der Waals surface area contributed by atoms with Crippen LogP contribution in [0.15, 0.2) is 83.9 Å². The number of carbonyl (C=O) groups is 2. The zero-order valence-electron chi connectivity index (χ0n) is 24.1. The SMILES string of the molecule is COC(=O)[C@@H]1CC(C)=C(C)C[C@@]12C(=O)N(c1ccc(OCc3ccccc3)cc1C(C)(C)OC)c1ccccc12. The zero-order valence-corrected chi connectivity index (χ0v) is 24.1. The van der Waals surface area contributed by atoms with Crippen LogP contribution in [-0.4, -0.2) is 26.1 Å². The number of benzene rings is 3. The third-order valence-electron chi connectivity index (χ3n) is 8.69. The molecule has 208 valence electrons. The number of rotatable bonds is 7. The predicted molar refractivity (Wildman–Crippen MR) is 156 cm³/mol. The summed E-state index contributed by atoms with van der Waals surface area (Å²) in [6.45, 7) is 8.47. The van der Waals surface area contributed by atoms with Crippen molar-refractivity contribution in [2.45, 2.75) is 58.2 Å². The number of esters is 1. The van der Waals surface area contributed by atoms with Crippen LogP contribution >= 0.6 is 0 Å². The summed E-state index contributed by atoms with van der Waals surface area (Å²) in [7, 11) is 3.06. The van der Waals surface area contributed by atoms with Gasteiger partial charge < -0.3 is 14.2 Å². The Bertz CT molecular complexity index is 1470. The molecule has 1 aliphatic heterocycles. The van der Waals surface area contributed by atoms with E-state index in [-0.39, 0.29) is 11.9 Å². The molecule has 3 aromatic carbocycles. The first-order chi connectivity index (χ1) is 19.1. The third kappa shape index (κ3) is 4.50. The van der Waals surface area contributed by atoms with Crippen LogP contribution in [0.5, 0.6) is 5.75 Å². The molecule has 6 heteroatoms. The maximum atomic E-state index is 14.8. The van der Waals surface area contributed by atoms with E-state index in [0.717, 1.165) is 33.5 Å². The van der Waals surface area contributed by atoms with Crippen molar-refractivity contribution < 1.29 is 23.8 Å². The second-order valence-corrected chi connectivity index (χ2v) is 11.3. The minimum Gasteiger partial charge on any atom is -0.489 e. The van der Waals surface area contributed by atoms with Crippen LogP contribution in [-0.2, 0) is 36.7 Å². The van der Waals surface area contributed by atoms with Gasteiger partial charge in [-0.25, -0.2) is 0 Å². The highest BCUT2D eigenvalue weighted by Gasteiger charge is 2.60. The number of fused-ring (bicyclic) bond motifs is 2. The molecule has 0 aromatic heterocycles. The Balaban J connectivity index is 1.64. The van der Waals surface area contributed by atoms with E-state index in [2.05, 4.69) is 6.92 Å². The van der Waals surface area contributed by atoms with Crippen molar-refractivity contribution in [3.05, 3.63) is 101 Å². The number of hydrogen-bond donors (Lipinski definition) is 0. The average molecular weight is 540 g/mol. The summed E-state index contributed by atoms with van der Waals surface area (Å²) in [6.07, 6.45) is 0.946. The summed E-state index contributed by atoms with van der Waals surface area (Å²) < 4.78 is 17.4. The van der Waals surface area contributed by atoms with E-state index in [0.29, 0.717) is 30.9 Å². The van der Waals surface area contributed by atoms with Crippen molar-refractivity contribution in [3.8, 4) is 5.75 Å². The quantitative estimate of drug-likeness (QED) is 0.239. The Morgan fingerprint density at radius 1 is 0.950 bits per heavy atom. The van der Waals surface area contributed by atoms with Crippen LogP contribution in [0.2, 0.25) is 0 Å². The average Bonchev–Trinajstić information content (AvgIpc) is 3.21. The van der Waals surface area contributed by atoms with E-state index in [9.17, 15) is 9.59 Å². The number of carbonyl (C=O) groups excluding carboxylic acids is 2. The summed E-state index contributed by atoms with van der Waals surface area (Å²) in [5, 5.41) is 0. The van der Waals surface area contributed by atoms with Gasteiger partial charge in [-0.3, -0.25) is 14.5 Å². The first-order valence-electron chi connectivity index (χ1n) is 13.7. The predicted octanol–water partition coefficient (Wildman–Crippen LogP) is 6.98. The molecule has 2 aliphatic rings. The molecule has 2 atom stereocenters. The molecule has 1 spiro atoms. The number of methoxy groups -OCH3 is 2. The molecule has 0 N–H and O–H groups in total. The Hall–Kier alpha value is -3.90. The van der Waals surface area contributed by atoms with Crippen LogP contribution in [0, 0.1) is 5.92 Å². The van der Waals surface area contributed by atoms with Gasteiger partial charge in [0.05, 0.1) is 35.4 Å². The highest BCUT2D eigenvalue weighted by molar-refractivity contribution is 6.15. The van der Waals surface area contributed by atoms with Crippen molar-refractivity contribution in [1.29, 1.82) is 0 Å². The van der Waals surface area contributed by atoms with Gasteiger partial charge in [-0.1, -0.05) is 59.7 Å². The van der Waals surface area contributed by atoms with Crippen LogP contribution in [0.3, 0.4) is 0 Å². The van der Waals surface area contributed by atoms with Crippen LogP contribution < -0.4 is 9.64 Å². The van der Waals surface area contributed by atoms with E-state index in [4.69, 9.17) is 14.2 Å². The Morgan fingerprint density at radius 2 is 1.65 bits per heavy atom. The molecule has 1 heterocycles. The van der Waals surface area contributed by atoms with E-state index in [1.54, 1.807) is 12.0 Å². The summed E-state index contributed by atoms with van der Waals surface area (Å²) in [5.41, 5.74) is 4.70. The lowest BCUT2D eigenvalue weighted by Crippen LogP contribution is -2.50. The van der Waals surface area contributed by atoms with Crippen molar-refractivity contribution in [3.63, 3.8) is 0 Å². The first kappa shape index (κ1) is 27.7. The molecular weight excluding hydrogens is 502 g/mol. The standard InChI is InChI=1S/C34H37NO5/c1-22-18-28(31(36)38-5)34(20-23(22)2)26-14-10-11-15-29(26)35(32(34)37)30-17-16-25(19-27(30)33(3,4)39-6)40-21-24-12-8-7-9-13-24/h7-17,19,28H,18,20-21H2,1-6H3/t28-,34-/m0/s1. The highest BCUT2D eigenvalue weighted by Crippen LogP contribution is 2.57. The van der Waals surface area contributed by atoms with Gasteiger partial charge in [0.15, 0.2) is 0 Å². The van der Waals surface area contributed by atoms with Crippen molar-refractivity contribution in [2.24, 2.45) is 5.92 Å². The maximum Gasteiger partial charge on any atom is 0.310 e. The second-order valence-electron chi connectivity index (χ2n) is 11.3. The van der Waals surface area contributed by atoms with Crippen LogP contribution in [0.4, 0.5) is 11.4 Å². The van der Waals surface area contributed by atoms with Gasteiger partial charge in [-0.05, 0) is 75.9 Å². The molecule has 0 unspecified atom stereocenters. The minimum absolute atomic E-state index is 0.123. The van der Waals surface area contributed by atoms with Gasteiger partial charge in [0.25, 0.3) is 0 Å². The molecule has 0 radical (unpaired) electrons. The highest BCUT2D eigenvalue weighted by atomic mass is 16.5. The molecule has 40 heavy (non-hydrogen) atoms. The number of allylic oxidation sites excluding steroid dienone is 2. The number of para-hydroxylation sites is 1. The maximum absolute atomic E-state index is 14.8. The van der Waals surface area contributed by atoms with Gasteiger partial charge in [-0.2, -0.15) is 0 Å². The van der Waals surface area contributed by atoms with E-state index >= 15 is 0 Å². The number of nitrogens with zero attached hydrogens (tertiary/aromatic N) is 1. The number of hydrogen-bond acceptors (Lipinski definition) is 5. The fourth-order valence-corrected chi connectivity index (χ4v) is 6.12. The lowest BCUT2D eigenvalue weighted by molar-refractivity contribution is -0.151. The fourth-order valence-electron chi connectivity index (χ4n) is 6.12. The number of ether oxygens (including phenoxy) is 3. The summed E-state index contributed by atoms with van der Waals surface area (Å²) in [5.74, 6) is -0.421. The number of amides is 1. The molecule has 0 saturated carbocycles. The van der Waals surface area contributed by atoms with Crippen LogP contribution in [0.25, 0.3) is 0 Å². The summed E-state index contributed by atoms with van der Waals surface area (Å²) in [4.78, 5) is 29.8. The number of anilines is 2. The molecule has 1 aliphatic carbocycles. The Kier molecular flexibility index (Phi) is 7.32. The van der Waals surface area contributed by atoms with E-state index in [1.165, 1.54) is 7.11 Å². The van der Waals surface area contributed by atoms with Crippen molar-refractivity contribution in [2.75, 3.05) is 19.1 Å². The molecule has 6 nitrogen and oxygen atoms in total.